The second kappa shape index (κ2) is 7.81. The van der Waals surface area contributed by atoms with Gasteiger partial charge in [0.05, 0.1) is 6.20 Å². The molecule has 1 unspecified atom stereocenters. The fourth-order valence-corrected chi connectivity index (χ4v) is 2.04. The summed E-state index contributed by atoms with van der Waals surface area (Å²) in [6, 6.07) is 7.74. The summed E-state index contributed by atoms with van der Waals surface area (Å²) in [5, 5.41) is 10.0. The normalized spacial score (nSPS) is 11.6. The van der Waals surface area contributed by atoms with E-state index in [0.29, 0.717) is 6.54 Å². The van der Waals surface area contributed by atoms with Crippen LogP contribution >= 0.6 is 12.4 Å². The molecule has 0 spiro atoms. The molecule has 114 valence electrons. The largest absolute Gasteiger partial charge is 0.350 e. The SMILES string of the molecule is CNC(C(=O)NCc1ccc(C)cc1)c1cnn(C)c1.Cl. The summed E-state index contributed by atoms with van der Waals surface area (Å²) in [7, 11) is 3.60. The van der Waals surface area contributed by atoms with Crippen LogP contribution in [0.25, 0.3) is 0 Å². The van der Waals surface area contributed by atoms with Crippen molar-refractivity contribution in [3.05, 3.63) is 53.3 Å². The number of nitrogens with zero attached hydrogens (tertiary/aromatic N) is 2. The number of rotatable bonds is 5. The molecule has 2 aromatic rings. The number of halogens is 1. The third-order valence-corrected chi connectivity index (χ3v) is 3.20. The molecule has 1 atom stereocenters. The molecule has 6 heteroatoms. The molecule has 1 aromatic carbocycles. The Hall–Kier alpha value is -1.85. The zero-order chi connectivity index (χ0) is 14.5. The summed E-state index contributed by atoms with van der Waals surface area (Å²) in [5.41, 5.74) is 3.16. The Morgan fingerprint density at radius 1 is 1.33 bits per heavy atom. The summed E-state index contributed by atoms with van der Waals surface area (Å²) < 4.78 is 1.69. The molecule has 1 aromatic heterocycles. The maximum Gasteiger partial charge on any atom is 0.242 e. The van der Waals surface area contributed by atoms with E-state index in [9.17, 15) is 4.79 Å². The molecule has 0 bridgehead atoms. The van der Waals surface area contributed by atoms with Crippen LogP contribution < -0.4 is 10.6 Å². The van der Waals surface area contributed by atoms with Gasteiger partial charge in [-0.25, -0.2) is 0 Å². The number of likely N-dealkylation sites (N-methyl/N-ethyl adjacent to an activating group) is 1. The number of hydrogen-bond acceptors (Lipinski definition) is 3. The lowest BCUT2D eigenvalue weighted by atomic mass is 10.1. The van der Waals surface area contributed by atoms with E-state index in [0.717, 1.165) is 11.1 Å². The van der Waals surface area contributed by atoms with E-state index in [1.807, 2.05) is 44.4 Å². The summed E-state index contributed by atoms with van der Waals surface area (Å²) in [5.74, 6) is -0.0546. The van der Waals surface area contributed by atoms with Crippen LogP contribution in [-0.2, 0) is 18.4 Å². The van der Waals surface area contributed by atoms with Gasteiger partial charge in [-0.3, -0.25) is 9.48 Å². The summed E-state index contributed by atoms with van der Waals surface area (Å²) in [6.45, 7) is 2.57. The molecule has 0 aliphatic rings. The van der Waals surface area contributed by atoms with Gasteiger partial charge in [0, 0.05) is 25.4 Å². The van der Waals surface area contributed by atoms with Gasteiger partial charge in [-0.1, -0.05) is 29.8 Å². The summed E-state index contributed by atoms with van der Waals surface area (Å²) in [4.78, 5) is 12.2. The van der Waals surface area contributed by atoms with Gasteiger partial charge >= 0.3 is 0 Å². The first kappa shape index (κ1) is 17.2. The van der Waals surface area contributed by atoms with Crippen molar-refractivity contribution < 1.29 is 4.79 Å². The van der Waals surface area contributed by atoms with Gasteiger partial charge < -0.3 is 10.6 Å². The third-order valence-electron chi connectivity index (χ3n) is 3.20. The van der Waals surface area contributed by atoms with Crippen LogP contribution in [0.4, 0.5) is 0 Å². The van der Waals surface area contributed by atoms with Crippen molar-refractivity contribution in [3.8, 4) is 0 Å². The monoisotopic (exact) mass is 308 g/mol. The molecule has 21 heavy (non-hydrogen) atoms. The molecule has 0 radical (unpaired) electrons. The number of nitrogens with one attached hydrogen (secondary N) is 2. The minimum atomic E-state index is -0.380. The molecule has 0 saturated carbocycles. The molecule has 0 saturated heterocycles. The van der Waals surface area contributed by atoms with Gasteiger partial charge in [0.25, 0.3) is 0 Å². The maximum atomic E-state index is 12.2. The van der Waals surface area contributed by atoms with E-state index < -0.39 is 0 Å². The number of carbonyl (C=O) groups excluding carboxylic acids is 1. The molecule has 0 aliphatic heterocycles. The van der Waals surface area contributed by atoms with E-state index in [2.05, 4.69) is 15.7 Å². The average Bonchev–Trinajstić information content (AvgIpc) is 2.85. The molecule has 2 N–H and O–H groups in total. The van der Waals surface area contributed by atoms with Crippen molar-refractivity contribution in [1.29, 1.82) is 0 Å². The first-order valence-corrected chi connectivity index (χ1v) is 6.59. The number of hydrogen-bond donors (Lipinski definition) is 2. The van der Waals surface area contributed by atoms with E-state index in [-0.39, 0.29) is 24.4 Å². The number of benzene rings is 1. The van der Waals surface area contributed by atoms with Gasteiger partial charge in [0.15, 0.2) is 0 Å². The molecular formula is C15H21ClN4O. The maximum absolute atomic E-state index is 12.2. The Bertz CT molecular complexity index is 580. The minimum absolute atomic E-state index is 0. The van der Waals surface area contributed by atoms with Crippen LogP contribution in [0.2, 0.25) is 0 Å². The lowest BCUT2D eigenvalue weighted by Crippen LogP contribution is -2.35. The molecule has 0 aliphatic carbocycles. The van der Waals surface area contributed by atoms with Crippen molar-refractivity contribution in [2.75, 3.05) is 7.05 Å². The fourth-order valence-electron chi connectivity index (χ4n) is 2.04. The highest BCUT2D eigenvalue weighted by molar-refractivity contribution is 5.85. The Balaban J connectivity index is 0.00000220. The average molecular weight is 309 g/mol. The highest BCUT2D eigenvalue weighted by Crippen LogP contribution is 2.11. The van der Waals surface area contributed by atoms with E-state index in [1.54, 1.807) is 17.9 Å². The molecule has 0 fully saturated rings. The molecule has 1 heterocycles. The number of aryl methyl sites for hydroxylation is 2. The second-order valence-corrected chi connectivity index (χ2v) is 4.87. The fraction of sp³-hybridized carbons (Fsp3) is 0.333. The molecule has 5 nitrogen and oxygen atoms in total. The lowest BCUT2D eigenvalue weighted by Gasteiger charge is -2.14. The first-order valence-electron chi connectivity index (χ1n) is 6.59. The van der Waals surface area contributed by atoms with Gasteiger partial charge in [0.1, 0.15) is 6.04 Å². The third kappa shape index (κ3) is 4.58. The lowest BCUT2D eigenvalue weighted by molar-refractivity contribution is -0.123. The van der Waals surface area contributed by atoms with Crippen LogP contribution in [0.5, 0.6) is 0 Å². The van der Waals surface area contributed by atoms with Crippen LogP contribution in [0.1, 0.15) is 22.7 Å². The van der Waals surface area contributed by atoms with Crippen LogP contribution in [-0.4, -0.2) is 22.7 Å². The van der Waals surface area contributed by atoms with Crippen LogP contribution in [0, 0.1) is 6.92 Å². The standard InChI is InChI=1S/C15H20N4O.ClH/c1-11-4-6-12(7-5-11)8-17-15(20)14(16-2)13-9-18-19(3)10-13;/h4-7,9-10,14,16H,8H2,1-3H3,(H,17,20);1H. The van der Waals surface area contributed by atoms with Crippen molar-refractivity contribution >= 4 is 18.3 Å². The predicted molar refractivity (Wildman–Crippen MR) is 85.3 cm³/mol. The number of carbonyl (C=O) groups is 1. The Morgan fingerprint density at radius 3 is 2.52 bits per heavy atom. The molecular weight excluding hydrogens is 288 g/mol. The van der Waals surface area contributed by atoms with E-state index in [1.165, 1.54) is 5.56 Å². The van der Waals surface area contributed by atoms with Gasteiger partial charge in [-0.2, -0.15) is 5.10 Å². The summed E-state index contributed by atoms with van der Waals surface area (Å²) >= 11 is 0. The van der Waals surface area contributed by atoms with Crippen molar-refractivity contribution in [3.63, 3.8) is 0 Å². The topological polar surface area (TPSA) is 59.0 Å². The highest BCUT2D eigenvalue weighted by Gasteiger charge is 2.19. The number of aromatic nitrogens is 2. The Kier molecular flexibility index (Phi) is 6.39. The summed E-state index contributed by atoms with van der Waals surface area (Å²) in [6.07, 6.45) is 3.54. The number of amides is 1. The Morgan fingerprint density at radius 2 is 2.00 bits per heavy atom. The van der Waals surface area contributed by atoms with Gasteiger partial charge in [0.2, 0.25) is 5.91 Å². The zero-order valence-electron chi connectivity index (χ0n) is 12.5. The predicted octanol–water partition coefficient (Wildman–Crippen LogP) is 1.73. The quantitative estimate of drug-likeness (QED) is 0.884. The van der Waals surface area contributed by atoms with Crippen molar-refractivity contribution in [2.24, 2.45) is 7.05 Å². The van der Waals surface area contributed by atoms with E-state index >= 15 is 0 Å². The van der Waals surface area contributed by atoms with Crippen molar-refractivity contribution in [1.82, 2.24) is 20.4 Å². The highest BCUT2D eigenvalue weighted by atomic mass is 35.5. The van der Waals surface area contributed by atoms with Gasteiger partial charge in [-0.15, -0.1) is 12.4 Å². The first-order chi connectivity index (χ1) is 9.60. The van der Waals surface area contributed by atoms with E-state index in [4.69, 9.17) is 0 Å². The van der Waals surface area contributed by atoms with Crippen LogP contribution in [0.3, 0.4) is 0 Å². The smallest absolute Gasteiger partial charge is 0.242 e. The van der Waals surface area contributed by atoms with Crippen molar-refractivity contribution in [2.45, 2.75) is 19.5 Å². The van der Waals surface area contributed by atoms with Crippen LogP contribution in [0.15, 0.2) is 36.7 Å². The zero-order valence-corrected chi connectivity index (χ0v) is 13.3. The molecule has 1 amide bonds. The second-order valence-electron chi connectivity index (χ2n) is 4.87. The Labute approximate surface area is 131 Å². The van der Waals surface area contributed by atoms with Gasteiger partial charge in [-0.05, 0) is 19.5 Å². The molecule has 2 rings (SSSR count). The minimum Gasteiger partial charge on any atom is -0.350 e.